The van der Waals surface area contributed by atoms with Crippen LogP contribution in [0.1, 0.15) is 22.3 Å². The van der Waals surface area contributed by atoms with E-state index in [4.69, 9.17) is 0 Å². The third-order valence-electron chi connectivity index (χ3n) is 11.5. The topological polar surface area (TPSA) is 3.24 Å². The summed E-state index contributed by atoms with van der Waals surface area (Å²) in [5, 5.41) is 5.16. The summed E-state index contributed by atoms with van der Waals surface area (Å²) >= 11 is 1.90. The van der Waals surface area contributed by atoms with Crippen LogP contribution in [0.15, 0.2) is 212 Å². The first-order valence-electron chi connectivity index (χ1n) is 18.9. The van der Waals surface area contributed by atoms with Gasteiger partial charge in [-0.05, 0) is 85.6 Å². The van der Waals surface area contributed by atoms with E-state index in [9.17, 15) is 0 Å². The second kappa shape index (κ2) is 12.7. The van der Waals surface area contributed by atoms with Crippen molar-refractivity contribution in [1.82, 2.24) is 0 Å². The fraction of sp³-hybridized carbons (Fsp3) is 0.0189. The standard InChI is InChI=1S/C53H35NS/c1-3-15-36(16-4-1)37-29-32-41(33-30-37)54(50-28-14-25-46-47-34-31-38-17-7-8-22-43(38)51(47)55-52(46)50)42-21-13-20-40(35-42)53(39-18-5-2-6-19-39)48-26-11-9-23-44(48)45-24-10-12-27-49(45)53/h1-35H. The number of anilines is 3. The van der Waals surface area contributed by atoms with Crippen molar-refractivity contribution >= 4 is 59.3 Å². The first-order chi connectivity index (χ1) is 27.3. The van der Waals surface area contributed by atoms with Crippen LogP contribution in [0.2, 0.25) is 0 Å². The molecule has 0 N–H and O–H groups in total. The molecule has 1 aromatic heterocycles. The lowest BCUT2D eigenvalue weighted by atomic mass is 9.67. The number of fused-ring (bicyclic) bond motifs is 8. The van der Waals surface area contributed by atoms with E-state index in [1.54, 1.807) is 0 Å². The van der Waals surface area contributed by atoms with Crippen LogP contribution in [0.25, 0.3) is 53.2 Å². The molecule has 0 unspecified atom stereocenters. The summed E-state index contributed by atoms with van der Waals surface area (Å²) in [5.74, 6) is 0. The van der Waals surface area contributed by atoms with Gasteiger partial charge in [0, 0.05) is 26.8 Å². The molecule has 0 aliphatic heterocycles. The highest BCUT2D eigenvalue weighted by atomic mass is 32.1. The Morgan fingerprint density at radius 3 is 1.71 bits per heavy atom. The molecule has 1 aliphatic rings. The van der Waals surface area contributed by atoms with Gasteiger partial charge in [-0.25, -0.2) is 0 Å². The lowest BCUT2D eigenvalue weighted by Gasteiger charge is -2.35. The van der Waals surface area contributed by atoms with Crippen molar-refractivity contribution in [2.75, 3.05) is 4.90 Å². The lowest BCUT2D eigenvalue weighted by molar-refractivity contribution is 0.768. The second-order valence-corrected chi connectivity index (χ2v) is 15.4. The molecule has 1 heterocycles. The Labute approximate surface area is 325 Å². The number of benzene rings is 9. The summed E-state index contributed by atoms with van der Waals surface area (Å²) in [6.45, 7) is 0. The SMILES string of the molecule is c1ccc(-c2ccc(N(c3cccc(C4(c5ccccc5)c5ccccc5-c5ccccc54)c3)c3cccc4c3sc3c5ccccc5ccc43)cc2)cc1. The fourth-order valence-electron chi connectivity index (χ4n) is 9.14. The third kappa shape index (κ3) is 4.85. The average Bonchev–Trinajstić information content (AvgIpc) is 3.80. The van der Waals surface area contributed by atoms with Crippen LogP contribution in [0, 0.1) is 0 Å². The minimum Gasteiger partial charge on any atom is -0.309 e. The number of hydrogen-bond donors (Lipinski definition) is 0. The van der Waals surface area contributed by atoms with Gasteiger partial charge in [0.15, 0.2) is 0 Å². The number of nitrogens with zero attached hydrogens (tertiary/aromatic N) is 1. The van der Waals surface area contributed by atoms with E-state index >= 15 is 0 Å². The van der Waals surface area contributed by atoms with E-state index in [2.05, 4.69) is 217 Å². The molecule has 1 nitrogen and oxygen atoms in total. The van der Waals surface area contributed by atoms with Gasteiger partial charge in [0.1, 0.15) is 0 Å². The van der Waals surface area contributed by atoms with Crippen molar-refractivity contribution in [1.29, 1.82) is 0 Å². The van der Waals surface area contributed by atoms with Crippen molar-refractivity contribution in [3.8, 4) is 22.3 Å². The van der Waals surface area contributed by atoms with Crippen LogP contribution in [-0.2, 0) is 5.41 Å². The maximum atomic E-state index is 2.48. The molecule has 0 amide bonds. The number of hydrogen-bond acceptors (Lipinski definition) is 2. The number of thiophene rings is 1. The molecule has 0 saturated carbocycles. The predicted molar refractivity (Wildman–Crippen MR) is 234 cm³/mol. The third-order valence-corrected chi connectivity index (χ3v) is 12.8. The van der Waals surface area contributed by atoms with Gasteiger partial charge in [-0.15, -0.1) is 11.3 Å². The highest BCUT2D eigenvalue weighted by molar-refractivity contribution is 7.27. The first kappa shape index (κ1) is 31.8. The Hall–Kier alpha value is -6.74. The van der Waals surface area contributed by atoms with Gasteiger partial charge < -0.3 is 4.90 Å². The normalized spacial score (nSPS) is 12.9. The summed E-state index contributed by atoms with van der Waals surface area (Å²) in [6, 6.07) is 78.2. The van der Waals surface area contributed by atoms with Crippen molar-refractivity contribution in [2.45, 2.75) is 5.41 Å². The van der Waals surface area contributed by atoms with E-state index in [0.29, 0.717) is 0 Å². The maximum absolute atomic E-state index is 2.48. The summed E-state index contributed by atoms with van der Waals surface area (Å²) in [7, 11) is 0. The van der Waals surface area contributed by atoms with Gasteiger partial charge in [0.2, 0.25) is 0 Å². The zero-order valence-corrected chi connectivity index (χ0v) is 30.9. The van der Waals surface area contributed by atoms with Crippen LogP contribution in [0.3, 0.4) is 0 Å². The smallest absolute Gasteiger partial charge is 0.0714 e. The molecule has 1 aliphatic carbocycles. The lowest BCUT2D eigenvalue weighted by Crippen LogP contribution is -2.28. The molecule has 258 valence electrons. The Kier molecular flexibility index (Phi) is 7.33. The molecular weight excluding hydrogens is 683 g/mol. The Morgan fingerprint density at radius 1 is 0.364 bits per heavy atom. The monoisotopic (exact) mass is 717 g/mol. The quantitative estimate of drug-likeness (QED) is 0.166. The predicted octanol–water partition coefficient (Wildman–Crippen LogP) is 14.7. The van der Waals surface area contributed by atoms with Crippen molar-refractivity contribution < 1.29 is 0 Å². The molecule has 0 atom stereocenters. The summed E-state index contributed by atoms with van der Waals surface area (Å²) < 4.78 is 2.61. The molecule has 9 aromatic carbocycles. The molecule has 10 aromatic rings. The molecule has 0 spiro atoms. The van der Waals surface area contributed by atoms with Crippen molar-refractivity contribution in [3.63, 3.8) is 0 Å². The Balaban J connectivity index is 1.18. The maximum Gasteiger partial charge on any atom is 0.0714 e. The van der Waals surface area contributed by atoms with Crippen LogP contribution in [-0.4, -0.2) is 0 Å². The molecule has 0 bridgehead atoms. The molecule has 2 heteroatoms. The van der Waals surface area contributed by atoms with E-state index in [0.717, 1.165) is 11.4 Å². The minimum atomic E-state index is -0.490. The zero-order valence-electron chi connectivity index (χ0n) is 30.1. The summed E-state index contributed by atoms with van der Waals surface area (Å²) in [5.41, 5.74) is 13.1. The van der Waals surface area contributed by atoms with Gasteiger partial charge in [-0.1, -0.05) is 182 Å². The average molecular weight is 718 g/mol. The van der Waals surface area contributed by atoms with Crippen LogP contribution in [0.4, 0.5) is 17.1 Å². The van der Waals surface area contributed by atoms with E-state index in [-0.39, 0.29) is 0 Å². The molecular formula is C53H35NS. The van der Waals surface area contributed by atoms with E-state index < -0.39 is 5.41 Å². The van der Waals surface area contributed by atoms with E-state index in [1.165, 1.54) is 81.1 Å². The largest absolute Gasteiger partial charge is 0.309 e. The zero-order chi connectivity index (χ0) is 36.3. The van der Waals surface area contributed by atoms with Crippen LogP contribution in [0.5, 0.6) is 0 Å². The van der Waals surface area contributed by atoms with Crippen LogP contribution < -0.4 is 4.90 Å². The van der Waals surface area contributed by atoms with E-state index in [1.807, 2.05) is 11.3 Å². The molecule has 11 rings (SSSR count). The first-order valence-corrected chi connectivity index (χ1v) is 19.7. The summed E-state index contributed by atoms with van der Waals surface area (Å²) in [4.78, 5) is 2.48. The van der Waals surface area contributed by atoms with Crippen molar-refractivity contribution in [3.05, 3.63) is 235 Å². The highest BCUT2D eigenvalue weighted by Crippen LogP contribution is 2.57. The Morgan fingerprint density at radius 2 is 0.945 bits per heavy atom. The van der Waals surface area contributed by atoms with Crippen molar-refractivity contribution in [2.24, 2.45) is 0 Å². The summed E-state index contributed by atoms with van der Waals surface area (Å²) in [6.07, 6.45) is 0. The molecule has 0 fully saturated rings. The van der Waals surface area contributed by atoms with Gasteiger partial charge in [0.25, 0.3) is 0 Å². The fourth-order valence-corrected chi connectivity index (χ4v) is 10.5. The molecule has 55 heavy (non-hydrogen) atoms. The molecule has 0 radical (unpaired) electrons. The number of rotatable bonds is 6. The minimum absolute atomic E-state index is 0.490. The second-order valence-electron chi connectivity index (χ2n) is 14.4. The molecule has 0 saturated heterocycles. The highest BCUT2D eigenvalue weighted by Gasteiger charge is 2.46. The van der Waals surface area contributed by atoms with Gasteiger partial charge in [-0.3, -0.25) is 0 Å². The van der Waals surface area contributed by atoms with Crippen LogP contribution >= 0.6 is 11.3 Å². The van der Waals surface area contributed by atoms with Gasteiger partial charge >= 0.3 is 0 Å². The van der Waals surface area contributed by atoms with Gasteiger partial charge in [-0.2, -0.15) is 0 Å². The Bertz CT molecular complexity index is 2990. The van der Waals surface area contributed by atoms with Gasteiger partial charge in [0.05, 0.1) is 15.8 Å².